The maximum absolute atomic E-state index is 11.6. The number of nitrogens with zero attached hydrogens (tertiary/aromatic N) is 1. The third-order valence-electron chi connectivity index (χ3n) is 5.86. The molecule has 0 bridgehead atoms. The lowest BCUT2D eigenvalue weighted by Crippen LogP contribution is -2.43. The number of rotatable bonds is 2. The smallest absolute Gasteiger partial charge is 0.308 e. The van der Waals surface area contributed by atoms with Crippen LogP contribution in [0, 0.1) is 18.8 Å². The lowest BCUT2D eigenvalue weighted by Gasteiger charge is -2.32. The number of aryl methyl sites for hydroxylation is 1. The van der Waals surface area contributed by atoms with Crippen molar-refractivity contribution < 1.29 is 9.90 Å². The molecule has 23 heavy (non-hydrogen) atoms. The van der Waals surface area contributed by atoms with Gasteiger partial charge in [-0.15, -0.1) is 0 Å². The van der Waals surface area contributed by atoms with Crippen LogP contribution in [0.15, 0.2) is 24.3 Å². The second-order valence-corrected chi connectivity index (χ2v) is 6.91. The molecule has 1 aliphatic heterocycles. The van der Waals surface area contributed by atoms with Gasteiger partial charge in [0, 0.05) is 29.7 Å². The standard InChI is InChI=1S/C18H23N3O2/c1-10-15(11-6-3-4-9-14(11)21(10)2)17-12-7-5-8-13(18(22)23)16(12)19-20-17/h3-4,6,9,12-13,16-17,19-20H,5,7-8H2,1-2H3,(H,22,23). The minimum atomic E-state index is -0.677. The zero-order valence-electron chi connectivity index (χ0n) is 13.5. The van der Waals surface area contributed by atoms with Crippen LogP contribution in [0.5, 0.6) is 0 Å². The number of hydrogen-bond donors (Lipinski definition) is 3. The third kappa shape index (κ3) is 2.11. The second-order valence-electron chi connectivity index (χ2n) is 6.91. The molecule has 2 aliphatic rings. The molecule has 1 saturated carbocycles. The van der Waals surface area contributed by atoms with Gasteiger partial charge in [0.1, 0.15) is 0 Å². The Balaban J connectivity index is 1.78. The van der Waals surface area contributed by atoms with Gasteiger partial charge >= 0.3 is 5.97 Å². The lowest BCUT2D eigenvalue weighted by molar-refractivity contribution is -0.144. The van der Waals surface area contributed by atoms with Crippen LogP contribution in [0.3, 0.4) is 0 Å². The highest BCUT2D eigenvalue weighted by Crippen LogP contribution is 2.43. The van der Waals surface area contributed by atoms with Crippen LogP contribution in [0.1, 0.15) is 36.6 Å². The molecular formula is C18H23N3O2. The molecule has 122 valence electrons. The van der Waals surface area contributed by atoms with Crippen LogP contribution in [-0.4, -0.2) is 21.7 Å². The van der Waals surface area contributed by atoms with Gasteiger partial charge in [0.25, 0.3) is 0 Å². The number of hydrazine groups is 1. The van der Waals surface area contributed by atoms with E-state index in [0.29, 0.717) is 5.92 Å². The first kappa shape index (κ1) is 14.7. The first-order valence-electron chi connectivity index (χ1n) is 8.37. The molecule has 4 atom stereocenters. The quantitative estimate of drug-likeness (QED) is 0.797. The Kier molecular flexibility index (Phi) is 3.43. The van der Waals surface area contributed by atoms with Gasteiger partial charge in [-0.1, -0.05) is 24.6 Å². The van der Waals surface area contributed by atoms with Crippen LogP contribution in [-0.2, 0) is 11.8 Å². The first-order valence-corrected chi connectivity index (χ1v) is 8.37. The molecule has 1 aromatic heterocycles. The number of aliphatic carboxylic acids is 1. The van der Waals surface area contributed by atoms with Crippen molar-refractivity contribution in [3.63, 3.8) is 0 Å². The lowest BCUT2D eigenvalue weighted by atomic mass is 9.73. The van der Waals surface area contributed by atoms with Gasteiger partial charge in [0.15, 0.2) is 0 Å². The number of carboxylic acid groups (broad SMARTS) is 1. The fourth-order valence-corrected chi connectivity index (χ4v) is 4.61. The molecule has 2 aromatic rings. The van der Waals surface area contributed by atoms with Crippen molar-refractivity contribution in [2.24, 2.45) is 18.9 Å². The van der Waals surface area contributed by atoms with Crippen molar-refractivity contribution in [2.75, 3.05) is 0 Å². The molecule has 1 aliphatic carbocycles. The van der Waals surface area contributed by atoms with Gasteiger partial charge < -0.3 is 9.67 Å². The summed E-state index contributed by atoms with van der Waals surface area (Å²) in [6.45, 7) is 2.15. The van der Waals surface area contributed by atoms with Gasteiger partial charge in [-0.05, 0) is 37.3 Å². The molecule has 4 rings (SSSR count). The van der Waals surface area contributed by atoms with Gasteiger partial charge in [0.05, 0.1) is 12.0 Å². The van der Waals surface area contributed by atoms with Crippen molar-refractivity contribution in [1.29, 1.82) is 0 Å². The van der Waals surface area contributed by atoms with Crippen molar-refractivity contribution in [1.82, 2.24) is 15.4 Å². The molecular weight excluding hydrogens is 290 g/mol. The van der Waals surface area contributed by atoms with E-state index in [2.05, 4.69) is 53.7 Å². The first-order chi connectivity index (χ1) is 11.1. The van der Waals surface area contributed by atoms with E-state index in [1.54, 1.807) is 0 Å². The van der Waals surface area contributed by atoms with E-state index >= 15 is 0 Å². The molecule has 4 unspecified atom stereocenters. The zero-order chi connectivity index (χ0) is 16.1. The largest absolute Gasteiger partial charge is 0.481 e. The van der Waals surface area contributed by atoms with E-state index in [4.69, 9.17) is 0 Å². The van der Waals surface area contributed by atoms with E-state index in [1.807, 2.05) is 0 Å². The highest BCUT2D eigenvalue weighted by atomic mass is 16.4. The van der Waals surface area contributed by atoms with E-state index in [-0.39, 0.29) is 18.0 Å². The van der Waals surface area contributed by atoms with E-state index < -0.39 is 5.97 Å². The summed E-state index contributed by atoms with van der Waals surface area (Å²) in [6, 6.07) is 8.65. The minimum absolute atomic E-state index is 0.0182. The Morgan fingerprint density at radius 1 is 1.26 bits per heavy atom. The number of nitrogens with one attached hydrogen (secondary N) is 2. The molecule has 0 amide bonds. The fraction of sp³-hybridized carbons (Fsp3) is 0.500. The molecule has 1 saturated heterocycles. The molecule has 1 aromatic carbocycles. The summed E-state index contributed by atoms with van der Waals surface area (Å²) in [4.78, 5) is 11.6. The Morgan fingerprint density at radius 3 is 2.83 bits per heavy atom. The number of benzene rings is 1. The van der Waals surface area contributed by atoms with Gasteiger partial charge in [-0.3, -0.25) is 10.2 Å². The van der Waals surface area contributed by atoms with Crippen LogP contribution >= 0.6 is 0 Å². The maximum Gasteiger partial charge on any atom is 0.308 e. The zero-order valence-corrected chi connectivity index (χ0v) is 13.5. The summed E-state index contributed by atoms with van der Waals surface area (Å²) in [5.41, 5.74) is 10.5. The number of aromatic nitrogens is 1. The van der Waals surface area contributed by atoms with E-state index in [0.717, 1.165) is 19.3 Å². The average molecular weight is 313 g/mol. The molecule has 0 spiro atoms. The topological polar surface area (TPSA) is 66.3 Å². The van der Waals surface area contributed by atoms with E-state index in [1.165, 1.54) is 22.2 Å². The number of fused-ring (bicyclic) bond motifs is 2. The fourth-order valence-electron chi connectivity index (χ4n) is 4.61. The van der Waals surface area contributed by atoms with Crippen LogP contribution in [0.25, 0.3) is 10.9 Å². The van der Waals surface area contributed by atoms with Crippen molar-refractivity contribution in [3.05, 3.63) is 35.5 Å². The Bertz CT molecular complexity index is 767. The minimum Gasteiger partial charge on any atom is -0.481 e. The van der Waals surface area contributed by atoms with Gasteiger partial charge in [0.2, 0.25) is 0 Å². The molecule has 0 radical (unpaired) electrons. The van der Waals surface area contributed by atoms with Crippen molar-refractivity contribution >= 4 is 16.9 Å². The summed E-state index contributed by atoms with van der Waals surface area (Å²) in [5.74, 6) is -0.639. The summed E-state index contributed by atoms with van der Waals surface area (Å²) < 4.78 is 2.23. The summed E-state index contributed by atoms with van der Waals surface area (Å²) in [6.07, 6.45) is 2.83. The maximum atomic E-state index is 11.6. The van der Waals surface area contributed by atoms with Crippen LogP contribution < -0.4 is 10.9 Å². The van der Waals surface area contributed by atoms with Gasteiger partial charge in [-0.25, -0.2) is 5.43 Å². The second kappa shape index (κ2) is 5.35. The molecule has 2 heterocycles. The van der Waals surface area contributed by atoms with Crippen LogP contribution in [0.4, 0.5) is 0 Å². The van der Waals surface area contributed by atoms with Crippen molar-refractivity contribution in [2.45, 2.75) is 38.3 Å². The highest BCUT2D eigenvalue weighted by Gasteiger charge is 2.46. The number of hydrogen-bond acceptors (Lipinski definition) is 3. The number of carbonyl (C=O) groups is 1. The summed E-state index contributed by atoms with van der Waals surface area (Å²) in [5, 5.41) is 10.8. The molecule has 2 fully saturated rings. The van der Waals surface area contributed by atoms with Gasteiger partial charge in [-0.2, -0.15) is 0 Å². The average Bonchev–Trinajstić information content (AvgIpc) is 3.08. The summed E-state index contributed by atoms with van der Waals surface area (Å²) in [7, 11) is 2.10. The summed E-state index contributed by atoms with van der Waals surface area (Å²) >= 11 is 0. The Labute approximate surface area is 135 Å². The highest BCUT2D eigenvalue weighted by molar-refractivity contribution is 5.86. The predicted octanol–water partition coefficient (Wildman–Crippen LogP) is 2.51. The SMILES string of the molecule is Cc1c(C2NNC3C(C(=O)O)CCCC23)c2ccccc2n1C. The molecule has 5 heteroatoms. The third-order valence-corrected chi connectivity index (χ3v) is 5.86. The number of carboxylic acids is 1. The predicted molar refractivity (Wildman–Crippen MR) is 88.9 cm³/mol. The number of para-hydroxylation sites is 1. The van der Waals surface area contributed by atoms with Crippen molar-refractivity contribution in [3.8, 4) is 0 Å². The Morgan fingerprint density at radius 2 is 2.04 bits per heavy atom. The molecule has 5 nitrogen and oxygen atoms in total. The monoisotopic (exact) mass is 313 g/mol. The van der Waals surface area contributed by atoms with E-state index in [9.17, 15) is 9.90 Å². The Hall–Kier alpha value is -1.85. The normalized spacial score (nSPS) is 30.5. The molecule has 3 N–H and O–H groups in total. The van der Waals surface area contributed by atoms with Crippen LogP contribution in [0.2, 0.25) is 0 Å².